The molecule has 1 aromatic carbocycles. The fourth-order valence-electron chi connectivity index (χ4n) is 4.31. The quantitative estimate of drug-likeness (QED) is 0.861. The first-order valence-electron chi connectivity index (χ1n) is 9.24. The predicted molar refractivity (Wildman–Crippen MR) is 97.6 cm³/mol. The summed E-state index contributed by atoms with van der Waals surface area (Å²) in [4.78, 5) is 21.4. The zero-order chi connectivity index (χ0) is 17.1. The summed E-state index contributed by atoms with van der Waals surface area (Å²) in [5, 5.41) is 0. The molecule has 130 valence electrons. The summed E-state index contributed by atoms with van der Waals surface area (Å²) >= 11 is 0. The Balaban J connectivity index is 1.42. The van der Waals surface area contributed by atoms with Gasteiger partial charge in [-0.25, -0.2) is 0 Å². The molecule has 2 atom stereocenters. The topological polar surface area (TPSA) is 36.4 Å². The third kappa shape index (κ3) is 3.74. The zero-order valence-corrected chi connectivity index (χ0v) is 14.6. The highest BCUT2D eigenvalue weighted by Gasteiger charge is 2.39. The van der Waals surface area contributed by atoms with Crippen molar-refractivity contribution in [2.24, 2.45) is 5.92 Å². The molecule has 2 saturated heterocycles. The van der Waals surface area contributed by atoms with Crippen LogP contribution in [0.2, 0.25) is 0 Å². The lowest BCUT2D eigenvalue weighted by Gasteiger charge is -2.47. The number of rotatable bonds is 4. The lowest BCUT2D eigenvalue weighted by Crippen LogP contribution is -2.55. The van der Waals surface area contributed by atoms with Gasteiger partial charge in [-0.15, -0.1) is 0 Å². The molecule has 0 radical (unpaired) electrons. The number of amides is 1. The molecule has 0 aliphatic carbocycles. The number of fused-ring (bicyclic) bond motifs is 1. The smallest absolute Gasteiger partial charge is 0.223 e. The number of likely N-dealkylation sites (tertiary alicyclic amines) is 2. The minimum absolute atomic E-state index is 0.307. The highest BCUT2D eigenvalue weighted by atomic mass is 16.2. The van der Waals surface area contributed by atoms with Crippen LogP contribution >= 0.6 is 0 Å². The maximum absolute atomic E-state index is 12.5. The highest BCUT2D eigenvalue weighted by molar-refractivity contribution is 5.77. The zero-order valence-electron chi connectivity index (χ0n) is 14.6. The average Bonchev–Trinajstić information content (AvgIpc) is 2.66. The van der Waals surface area contributed by atoms with Crippen molar-refractivity contribution in [1.29, 1.82) is 0 Å². The van der Waals surface area contributed by atoms with Gasteiger partial charge in [0, 0.05) is 51.0 Å². The second kappa shape index (κ2) is 7.36. The van der Waals surface area contributed by atoms with Gasteiger partial charge < -0.3 is 4.90 Å². The summed E-state index contributed by atoms with van der Waals surface area (Å²) in [6.45, 7) is 3.87. The van der Waals surface area contributed by atoms with Crippen LogP contribution in [-0.2, 0) is 17.9 Å². The minimum atomic E-state index is 0.307. The monoisotopic (exact) mass is 335 g/mol. The van der Waals surface area contributed by atoms with Crippen LogP contribution in [0.15, 0.2) is 54.9 Å². The molecular weight excluding hydrogens is 310 g/mol. The summed E-state index contributed by atoms with van der Waals surface area (Å²) in [7, 11) is 0. The summed E-state index contributed by atoms with van der Waals surface area (Å²) in [5.74, 6) is 0.897. The van der Waals surface area contributed by atoms with Crippen molar-refractivity contribution in [3.8, 4) is 0 Å². The van der Waals surface area contributed by atoms with E-state index >= 15 is 0 Å². The van der Waals surface area contributed by atoms with Crippen LogP contribution in [0.1, 0.15) is 30.4 Å². The van der Waals surface area contributed by atoms with Gasteiger partial charge in [-0.1, -0.05) is 36.4 Å². The molecule has 1 aromatic heterocycles. The molecule has 0 saturated carbocycles. The first kappa shape index (κ1) is 16.3. The maximum Gasteiger partial charge on any atom is 0.223 e. The van der Waals surface area contributed by atoms with Crippen molar-refractivity contribution < 1.29 is 4.79 Å². The number of nitrogens with zero attached hydrogens (tertiary/aromatic N) is 3. The number of piperidine rings is 2. The van der Waals surface area contributed by atoms with E-state index in [1.165, 1.54) is 5.56 Å². The number of aromatic nitrogens is 1. The van der Waals surface area contributed by atoms with E-state index in [0.29, 0.717) is 30.8 Å². The van der Waals surface area contributed by atoms with Crippen molar-refractivity contribution in [2.45, 2.75) is 38.4 Å². The molecule has 2 aromatic rings. The van der Waals surface area contributed by atoms with Gasteiger partial charge in [0.05, 0.1) is 0 Å². The molecule has 25 heavy (non-hydrogen) atoms. The third-order valence-corrected chi connectivity index (χ3v) is 5.55. The minimum Gasteiger partial charge on any atom is -0.335 e. The first-order valence-corrected chi connectivity index (χ1v) is 9.24. The molecule has 4 nitrogen and oxygen atoms in total. The molecule has 0 bridgehead atoms. The van der Waals surface area contributed by atoms with Gasteiger partial charge in [-0.2, -0.15) is 0 Å². The second-order valence-corrected chi connectivity index (χ2v) is 7.26. The molecule has 2 aliphatic rings. The number of hydrogen-bond acceptors (Lipinski definition) is 3. The standard InChI is InChI=1S/C21H25N3O/c25-21-9-8-19-16-23(14-17-5-2-1-3-6-17)12-10-20(19)24(21)15-18-7-4-11-22-13-18/h1-7,11,13,19-20H,8-10,12,14-16H2/t19-,20+/m1/s1. The summed E-state index contributed by atoms with van der Waals surface area (Å²) < 4.78 is 0. The molecule has 4 heteroatoms. The van der Waals surface area contributed by atoms with Crippen molar-refractivity contribution in [3.63, 3.8) is 0 Å². The maximum atomic E-state index is 12.5. The Morgan fingerprint density at radius 3 is 2.64 bits per heavy atom. The highest BCUT2D eigenvalue weighted by Crippen LogP contribution is 2.32. The Morgan fingerprint density at radius 2 is 1.84 bits per heavy atom. The van der Waals surface area contributed by atoms with Crippen LogP contribution in [-0.4, -0.2) is 39.8 Å². The van der Waals surface area contributed by atoms with E-state index in [4.69, 9.17) is 0 Å². The van der Waals surface area contributed by atoms with E-state index in [1.54, 1.807) is 6.20 Å². The Hall–Kier alpha value is -2.20. The van der Waals surface area contributed by atoms with Crippen LogP contribution in [0.5, 0.6) is 0 Å². The van der Waals surface area contributed by atoms with Crippen LogP contribution in [0.25, 0.3) is 0 Å². The molecule has 3 heterocycles. The van der Waals surface area contributed by atoms with Gasteiger partial charge in [0.2, 0.25) is 5.91 Å². The number of benzene rings is 1. The largest absolute Gasteiger partial charge is 0.335 e. The van der Waals surface area contributed by atoms with E-state index in [2.05, 4.69) is 51.2 Å². The average molecular weight is 335 g/mol. The lowest BCUT2D eigenvalue weighted by atomic mass is 9.83. The second-order valence-electron chi connectivity index (χ2n) is 7.26. The fourth-order valence-corrected chi connectivity index (χ4v) is 4.31. The lowest BCUT2D eigenvalue weighted by molar-refractivity contribution is -0.142. The number of carbonyl (C=O) groups is 1. The SMILES string of the molecule is O=C1CC[C@@H]2CN(Cc3ccccc3)CC[C@@H]2N1Cc1cccnc1. The molecule has 0 unspecified atom stereocenters. The van der Waals surface area contributed by atoms with Gasteiger partial charge in [-0.05, 0) is 36.0 Å². The van der Waals surface area contributed by atoms with Gasteiger partial charge >= 0.3 is 0 Å². The van der Waals surface area contributed by atoms with Crippen molar-refractivity contribution in [2.75, 3.05) is 13.1 Å². The predicted octanol–water partition coefficient (Wildman–Crippen LogP) is 3.09. The van der Waals surface area contributed by atoms with Crippen molar-refractivity contribution in [1.82, 2.24) is 14.8 Å². The summed E-state index contributed by atoms with van der Waals surface area (Å²) in [6.07, 6.45) is 6.44. The van der Waals surface area contributed by atoms with Crippen LogP contribution in [0.3, 0.4) is 0 Å². The van der Waals surface area contributed by atoms with E-state index in [1.807, 2.05) is 12.3 Å². The van der Waals surface area contributed by atoms with Crippen LogP contribution < -0.4 is 0 Å². The van der Waals surface area contributed by atoms with E-state index < -0.39 is 0 Å². The molecule has 2 aliphatic heterocycles. The van der Waals surface area contributed by atoms with Gasteiger partial charge in [0.1, 0.15) is 0 Å². The van der Waals surface area contributed by atoms with Crippen LogP contribution in [0, 0.1) is 5.92 Å². The van der Waals surface area contributed by atoms with Gasteiger partial charge in [-0.3, -0.25) is 14.7 Å². The number of carbonyl (C=O) groups excluding carboxylic acids is 1. The number of pyridine rings is 1. The Labute approximate surface area is 149 Å². The molecule has 4 rings (SSSR count). The Kier molecular flexibility index (Phi) is 4.79. The molecule has 0 N–H and O–H groups in total. The van der Waals surface area contributed by atoms with Crippen LogP contribution in [0.4, 0.5) is 0 Å². The summed E-state index contributed by atoms with van der Waals surface area (Å²) in [5.41, 5.74) is 2.50. The third-order valence-electron chi connectivity index (χ3n) is 5.55. The summed E-state index contributed by atoms with van der Waals surface area (Å²) in [6, 6.07) is 15.1. The normalized spacial score (nSPS) is 24.2. The molecule has 0 spiro atoms. The van der Waals surface area contributed by atoms with Crippen molar-refractivity contribution in [3.05, 3.63) is 66.0 Å². The number of hydrogen-bond donors (Lipinski definition) is 0. The molecule has 1 amide bonds. The fraction of sp³-hybridized carbons (Fsp3) is 0.429. The van der Waals surface area contributed by atoms with Crippen molar-refractivity contribution >= 4 is 5.91 Å². The Bertz CT molecular complexity index is 704. The van der Waals surface area contributed by atoms with E-state index in [9.17, 15) is 4.79 Å². The van der Waals surface area contributed by atoms with Gasteiger partial charge in [0.15, 0.2) is 0 Å². The molecular formula is C21H25N3O. The van der Waals surface area contributed by atoms with Gasteiger partial charge in [0.25, 0.3) is 0 Å². The van der Waals surface area contributed by atoms with E-state index in [0.717, 1.165) is 38.0 Å². The molecule has 2 fully saturated rings. The first-order chi connectivity index (χ1) is 12.3. The van der Waals surface area contributed by atoms with E-state index in [-0.39, 0.29) is 0 Å². The Morgan fingerprint density at radius 1 is 1.00 bits per heavy atom.